The van der Waals surface area contributed by atoms with Gasteiger partial charge in [-0.2, -0.15) is 0 Å². The fourth-order valence-corrected chi connectivity index (χ4v) is 7.25. The molecule has 0 saturated heterocycles. The third kappa shape index (κ3) is 39.8. The average molecular weight is 714 g/mol. The Morgan fingerprint density at radius 3 is 0.587 bits per heavy atom. The van der Waals surface area contributed by atoms with Crippen molar-refractivity contribution >= 4 is 27.7 Å². The summed E-state index contributed by atoms with van der Waals surface area (Å²) in [6.07, 6.45) is 53.2. The Hall–Kier alpha value is -0.380. The molecule has 0 unspecified atom stereocenters. The van der Waals surface area contributed by atoms with Crippen LogP contribution in [0.25, 0.3) is 0 Å². The van der Waals surface area contributed by atoms with Crippen molar-refractivity contribution in [3.05, 3.63) is 0 Å². The molecule has 0 heterocycles. The van der Waals surface area contributed by atoms with Crippen molar-refractivity contribution < 1.29 is 14.7 Å². The summed E-state index contributed by atoms with van der Waals surface area (Å²) < 4.78 is 0. The van der Waals surface area contributed by atoms with E-state index in [0.29, 0.717) is 0 Å². The first-order chi connectivity index (χ1) is 22.7. The van der Waals surface area contributed by atoms with Crippen LogP contribution >= 0.6 is 15.9 Å². The third-order valence-corrected chi connectivity index (χ3v) is 10.6. The molecule has 0 aliphatic heterocycles. The molecule has 3 nitrogen and oxygen atoms in total. The molecular weight excluding hydrogens is 632 g/mol. The summed E-state index contributed by atoms with van der Waals surface area (Å²) in [6, 6.07) is 0. The molecule has 0 aromatic heterocycles. The highest BCUT2D eigenvalue weighted by Crippen LogP contribution is 2.17. The van der Waals surface area contributed by atoms with Crippen LogP contribution in [0.3, 0.4) is 0 Å². The molecule has 274 valence electrons. The number of carbonyl (C=O) groups excluding carboxylic acids is 1. The van der Waals surface area contributed by atoms with Crippen molar-refractivity contribution in [1.82, 2.24) is 0 Å². The minimum absolute atomic E-state index is 0.203. The molecule has 0 radical (unpaired) electrons. The summed E-state index contributed by atoms with van der Waals surface area (Å²) in [5.41, 5.74) is 0. The number of Topliss-reactive ketones (excluding diaryl/α,β-unsaturated/α-hetero) is 1. The van der Waals surface area contributed by atoms with Gasteiger partial charge in [0.05, 0.1) is 0 Å². The fourth-order valence-electron chi connectivity index (χ4n) is 6.85. The highest BCUT2D eigenvalue weighted by Gasteiger charge is 2.09. The van der Waals surface area contributed by atoms with Crippen molar-refractivity contribution in [1.29, 1.82) is 0 Å². The van der Waals surface area contributed by atoms with E-state index in [1.54, 1.807) is 0 Å². The molecule has 0 fully saturated rings. The zero-order valence-electron chi connectivity index (χ0n) is 30.9. The monoisotopic (exact) mass is 713 g/mol. The smallest absolute Gasteiger partial charge is 0.372 e. The minimum Gasteiger partial charge on any atom is -0.476 e. The lowest BCUT2D eigenvalue weighted by Crippen LogP contribution is -2.11. The van der Waals surface area contributed by atoms with Crippen molar-refractivity contribution in [2.75, 3.05) is 5.33 Å². The number of hydrogen-bond donors (Lipinski definition) is 1. The molecule has 1 N–H and O–H groups in total. The van der Waals surface area contributed by atoms with Gasteiger partial charge in [-0.25, -0.2) is 4.79 Å². The van der Waals surface area contributed by atoms with Gasteiger partial charge in [-0.1, -0.05) is 247 Å². The maximum absolute atomic E-state index is 11.0. The maximum atomic E-state index is 11.0. The number of ketones is 1. The van der Waals surface area contributed by atoms with Gasteiger partial charge in [-0.15, -0.1) is 0 Å². The molecule has 46 heavy (non-hydrogen) atoms. The van der Waals surface area contributed by atoms with Gasteiger partial charge in [-0.3, -0.25) is 4.79 Å². The predicted octanol–water partition coefficient (Wildman–Crippen LogP) is 15.2. The van der Waals surface area contributed by atoms with Gasteiger partial charge in [0, 0.05) is 11.8 Å². The average Bonchev–Trinajstić information content (AvgIpc) is 3.05. The number of rotatable bonds is 41. The van der Waals surface area contributed by atoms with Crippen molar-refractivity contribution in [2.24, 2.45) is 0 Å². The van der Waals surface area contributed by atoms with Crippen molar-refractivity contribution in [3.63, 3.8) is 0 Å². The molecule has 0 rings (SSSR count). The summed E-state index contributed by atoms with van der Waals surface area (Å²) >= 11 is 3.52. The third-order valence-electron chi connectivity index (χ3n) is 10.0. The summed E-state index contributed by atoms with van der Waals surface area (Å²) in [6.45, 7) is 0. The second-order valence-electron chi connectivity index (χ2n) is 14.6. The minimum atomic E-state index is -1.28. The van der Waals surface area contributed by atoms with Crippen molar-refractivity contribution in [3.8, 4) is 0 Å². The summed E-state index contributed by atoms with van der Waals surface area (Å²) in [5.74, 6) is -1.92. The molecule has 4 heteroatoms. The largest absolute Gasteiger partial charge is 0.476 e. The van der Waals surface area contributed by atoms with Gasteiger partial charge >= 0.3 is 5.97 Å². The van der Waals surface area contributed by atoms with Gasteiger partial charge in [0.25, 0.3) is 0 Å². The number of carboxylic acid groups (broad SMARTS) is 1. The molecule has 0 atom stereocenters. The first-order valence-electron chi connectivity index (χ1n) is 21.0. The molecule has 0 bridgehead atoms. The highest BCUT2D eigenvalue weighted by molar-refractivity contribution is 9.09. The Morgan fingerprint density at radius 2 is 0.435 bits per heavy atom. The Balaban J connectivity index is 3.06. The van der Waals surface area contributed by atoms with Gasteiger partial charge in [0.15, 0.2) is 0 Å². The first-order valence-corrected chi connectivity index (χ1v) is 22.1. The van der Waals surface area contributed by atoms with Gasteiger partial charge in [-0.05, 0) is 12.8 Å². The second-order valence-corrected chi connectivity index (χ2v) is 15.4. The van der Waals surface area contributed by atoms with Crippen LogP contribution in [0.15, 0.2) is 0 Å². The standard InChI is InChI=1S/C42H81BrO3/c43-40-38-36-34-32-30-28-26-24-22-20-18-16-14-12-10-8-6-4-2-1-3-5-7-9-11-13-15-17-19-21-23-25-27-29-31-33-35-37-39-41(44)42(45)46/h1-40H2,(H,45,46). The molecule has 0 spiro atoms. The Morgan fingerprint density at radius 1 is 0.283 bits per heavy atom. The lowest BCUT2D eigenvalue weighted by atomic mass is 10.0. The van der Waals surface area contributed by atoms with Crippen LogP contribution in [-0.2, 0) is 9.59 Å². The van der Waals surface area contributed by atoms with Crippen LogP contribution in [0.5, 0.6) is 0 Å². The normalized spacial score (nSPS) is 11.4. The lowest BCUT2D eigenvalue weighted by Gasteiger charge is -2.05. The number of unbranched alkanes of at least 4 members (excludes halogenated alkanes) is 37. The number of alkyl halides is 1. The van der Waals surface area contributed by atoms with Gasteiger partial charge < -0.3 is 5.11 Å². The van der Waals surface area contributed by atoms with Crippen LogP contribution in [-0.4, -0.2) is 22.2 Å². The highest BCUT2D eigenvalue weighted by atomic mass is 79.9. The van der Waals surface area contributed by atoms with E-state index in [0.717, 1.165) is 19.3 Å². The summed E-state index contributed by atoms with van der Waals surface area (Å²) in [5, 5.41) is 9.75. The van der Waals surface area contributed by atoms with Gasteiger partial charge in [0.1, 0.15) is 0 Å². The topological polar surface area (TPSA) is 54.4 Å². The van der Waals surface area contributed by atoms with Crippen LogP contribution < -0.4 is 0 Å². The predicted molar refractivity (Wildman–Crippen MR) is 206 cm³/mol. The Kier molecular flexibility index (Phi) is 40.5. The summed E-state index contributed by atoms with van der Waals surface area (Å²) in [7, 11) is 0. The zero-order valence-corrected chi connectivity index (χ0v) is 32.5. The molecule has 0 saturated carbocycles. The van der Waals surface area contributed by atoms with Crippen LogP contribution in [0.2, 0.25) is 0 Å². The Labute approximate surface area is 297 Å². The van der Waals surface area contributed by atoms with E-state index in [2.05, 4.69) is 15.9 Å². The van der Waals surface area contributed by atoms with E-state index in [9.17, 15) is 9.59 Å². The maximum Gasteiger partial charge on any atom is 0.372 e. The van der Waals surface area contributed by atoms with Crippen LogP contribution in [0.1, 0.15) is 250 Å². The second kappa shape index (κ2) is 40.8. The van der Waals surface area contributed by atoms with Crippen LogP contribution in [0.4, 0.5) is 0 Å². The molecule has 0 aliphatic carbocycles. The van der Waals surface area contributed by atoms with E-state index in [1.165, 1.54) is 230 Å². The van der Waals surface area contributed by atoms with Gasteiger partial charge in [0.2, 0.25) is 5.78 Å². The summed E-state index contributed by atoms with van der Waals surface area (Å²) in [4.78, 5) is 21.5. The zero-order chi connectivity index (χ0) is 33.4. The molecule has 0 amide bonds. The fraction of sp³-hybridized carbons (Fsp3) is 0.952. The number of carboxylic acids is 1. The molecule has 0 aromatic rings. The van der Waals surface area contributed by atoms with Crippen LogP contribution in [0, 0.1) is 0 Å². The van der Waals surface area contributed by atoms with E-state index < -0.39 is 11.8 Å². The van der Waals surface area contributed by atoms with E-state index >= 15 is 0 Å². The molecular formula is C42H81BrO3. The van der Waals surface area contributed by atoms with E-state index in [1.807, 2.05) is 0 Å². The SMILES string of the molecule is O=C(O)C(=O)CCCCCCCCCCCCCCCCCCCCCCCCCCCCCCCCCCCCCCCCBr. The lowest BCUT2D eigenvalue weighted by molar-refractivity contribution is -0.149. The molecule has 0 aliphatic rings. The number of carbonyl (C=O) groups is 2. The van der Waals surface area contributed by atoms with E-state index in [4.69, 9.17) is 5.11 Å². The van der Waals surface area contributed by atoms with E-state index in [-0.39, 0.29) is 6.42 Å². The Bertz CT molecular complexity index is 608. The number of aliphatic carboxylic acids is 1. The number of hydrogen-bond acceptors (Lipinski definition) is 2. The number of halogens is 1. The molecule has 0 aromatic carbocycles. The quantitative estimate of drug-likeness (QED) is 0.0390. The first kappa shape index (κ1) is 45.6. The van der Waals surface area contributed by atoms with Crippen molar-refractivity contribution in [2.45, 2.75) is 250 Å².